The van der Waals surface area contributed by atoms with Gasteiger partial charge in [-0.25, -0.2) is 0 Å². The van der Waals surface area contributed by atoms with Crippen LogP contribution in [0.2, 0.25) is 0 Å². The van der Waals surface area contributed by atoms with Gasteiger partial charge in [-0.2, -0.15) is 0 Å². The predicted octanol–water partition coefficient (Wildman–Crippen LogP) is 5.19. The first-order valence-corrected chi connectivity index (χ1v) is 9.32. The van der Waals surface area contributed by atoms with E-state index < -0.39 is 0 Å². The van der Waals surface area contributed by atoms with Crippen molar-refractivity contribution < 1.29 is 9.59 Å². The molecule has 0 radical (unpaired) electrons. The number of halogens is 1. The van der Waals surface area contributed by atoms with Gasteiger partial charge in [0.2, 0.25) is 5.91 Å². The molecule has 3 aromatic carbocycles. The summed E-state index contributed by atoms with van der Waals surface area (Å²) in [6.07, 6.45) is 0.312. The topological polar surface area (TPSA) is 58.2 Å². The molecule has 0 heterocycles. The number of benzene rings is 3. The largest absolute Gasteiger partial charge is 0.326 e. The highest BCUT2D eigenvalue weighted by atomic mass is 79.9. The van der Waals surface area contributed by atoms with Crippen molar-refractivity contribution in [2.24, 2.45) is 0 Å². The summed E-state index contributed by atoms with van der Waals surface area (Å²) < 4.78 is 0.996. The second-order valence-electron chi connectivity index (χ2n) is 6.21. The number of hydrogen-bond acceptors (Lipinski definition) is 2. The molecule has 0 aliphatic heterocycles. The van der Waals surface area contributed by atoms with Crippen molar-refractivity contribution in [1.29, 1.82) is 0 Å². The summed E-state index contributed by atoms with van der Waals surface area (Å²) in [5, 5.41) is 5.72. The molecular weight excluding hydrogens is 404 g/mol. The van der Waals surface area contributed by atoms with E-state index in [9.17, 15) is 9.59 Å². The van der Waals surface area contributed by atoms with E-state index in [1.165, 1.54) is 0 Å². The number of aryl methyl sites for hydroxylation is 1. The Morgan fingerprint density at radius 1 is 0.852 bits per heavy atom. The van der Waals surface area contributed by atoms with Crippen LogP contribution in [0.5, 0.6) is 0 Å². The molecule has 0 spiro atoms. The molecule has 0 aliphatic rings. The zero-order valence-electron chi connectivity index (χ0n) is 14.8. The molecule has 2 amide bonds. The van der Waals surface area contributed by atoms with Crippen molar-refractivity contribution >= 4 is 39.1 Å². The van der Waals surface area contributed by atoms with Gasteiger partial charge in [0.25, 0.3) is 5.91 Å². The van der Waals surface area contributed by atoms with Gasteiger partial charge in [0.05, 0.1) is 6.42 Å². The van der Waals surface area contributed by atoms with E-state index in [0.717, 1.165) is 21.3 Å². The Balaban J connectivity index is 1.60. The van der Waals surface area contributed by atoms with Crippen LogP contribution in [0.15, 0.2) is 77.3 Å². The van der Waals surface area contributed by atoms with Gasteiger partial charge in [-0.3, -0.25) is 9.59 Å². The zero-order valence-corrected chi connectivity index (χ0v) is 16.4. The highest BCUT2D eigenvalue weighted by Gasteiger charge is 2.08. The molecule has 0 bridgehead atoms. The summed E-state index contributed by atoms with van der Waals surface area (Å²) in [7, 11) is 0. The van der Waals surface area contributed by atoms with Crippen LogP contribution in [0.25, 0.3) is 0 Å². The molecule has 27 heavy (non-hydrogen) atoms. The maximum absolute atomic E-state index is 12.4. The number of carbonyl (C=O) groups excluding carboxylic acids is 2. The third-order valence-corrected chi connectivity index (χ3v) is 4.94. The number of amides is 2. The summed E-state index contributed by atoms with van der Waals surface area (Å²) >= 11 is 3.44. The molecule has 4 nitrogen and oxygen atoms in total. The van der Waals surface area contributed by atoms with Gasteiger partial charge < -0.3 is 10.6 Å². The van der Waals surface area contributed by atoms with Crippen LogP contribution in [0.4, 0.5) is 11.4 Å². The monoisotopic (exact) mass is 422 g/mol. The van der Waals surface area contributed by atoms with Gasteiger partial charge in [-0.15, -0.1) is 0 Å². The van der Waals surface area contributed by atoms with Crippen molar-refractivity contribution in [3.8, 4) is 0 Å². The lowest BCUT2D eigenvalue weighted by molar-refractivity contribution is -0.115. The van der Waals surface area contributed by atoms with Crippen LogP contribution in [0.1, 0.15) is 21.5 Å². The standard InChI is InChI=1S/C22H19BrN2O2/c1-15-13-19(11-12-20(15)23)25-22(27)17-7-9-18(10-8-17)24-21(26)14-16-5-3-2-4-6-16/h2-13H,14H2,1H3,(H,24,26)(H,25,27). The summed E-state index contributed by atoms with van der Waals surface area (Å²) in [6, 6.07) is 22.0. The molecule has 136 valence electrons. The Kier molecular flexibility index (Phi) is 6.04. The highest BCUT2D eigenvalue weighted by molar-refractivity contribution is 9.10. The summed E-state index contributed by atoms with van der Waals surface area (Å²) in [5.74, 6) is -0.289. The van der Waals surface area contributed by atoms with E-state index in [1.54, 1.807) is 24.3 Å². The van der Waals surface area contributed by atoms with Crippen molar-refractivity contribution in [1.82, 2.24) is 0 Å². The molecular formula is C22H19BrN2O2. The number of anilines is 2. The number of carbonyl (C=O) groups is 2. The molecule has 0 aromatic heterocycles. The van der Waals surface area contributed by atoms with Crippen LogP contribution >= 0.6 is 15.9 Å². The van der Waals surface area contributed by atoms with Crippen LogP contribution in [0, 0.1) is 6.92 Å². The van der Waals surface area contributed by atoms with Gasteiger partial charge in [0.1, 0.15) is 0 Å². The second kappa shape index (κ2) is 8.64. The molecule has 0 saturated carbocycles. The zero-order chi connectivity index (χ0) is 19.2. The van der Waals surface area contributed by atoms with Crippen molar-refractivity contribution in [2.45, 2.75) is 13.3 Å². The minimum absolute atomic E-state index is 0.0938. The van der Waals surface area contributed by atoms with Crippen molar-refractivity contribution in [3.63, 3.8) is 0 Å². The summed E-state index contributed by atoms with van der Waals surface area (Å²) in [6.45, 7) is 1.96. The van der Waals surface area contributed by atoms with Gasteiger partial charge in [0.15, 0.2) is 0 Å². The smallest absolute Gasteiger partial charge is 0.255 e. The Hall–Kier alpha value is -2.92. The second-order valence-corrected chi connectivity index (χ2v) is 7.06. The fourth-order valence-electron chi connectivity index (χ4n) is 2.62. The normalized spacial score (nSPS) is 10.3. The Bertz CT molecular complexity index is 954. The van der Waals surface area contributed by atoms with E-state index >= 15 is 0 Å². The molecule has 0 aliphatic carbocycles. The summed E-state index contributed by atoms with van der Waals surface area (Å²) in [5.41, 5.74) is 3.92. The number of nitrogens with one attached hydrogen (secondary N) is 2. The third kappa shape index (κ3) is 5.28. The summed E-state index contributed by atoms with van der Waals surface area (Å²) in [4.78, 5) is 24.5. The first-order chi connectivity index (χ1) is 13.0. The number of rotatable bonds is 5. The average Bonchev–Trinajstić information content (AvgIpc) is 2.66. The molecule has 3 aromatic rings. The minimum Gasteiger partial charge on any atom is -0.326 e. The van der Waals surface area contributed by atoms with Crippen molar-refractivity contribution in [2.75, 3.05) is 10.6 Å². The van der Waals surface area contributed by atoms with Gasteiger partial charge in [0, 0.05) is 21.4 Å². The highest BCUT2D eigenvalue weighted by Crippen LogP contribution is 2.20. The molecule has 0 saturated heterocycles. The van der Waals surface area contributed by atoms with E-state index in [1.807, 2.05) is 55.5 Å². The molecule has 5 heteroatoms. The fraction of sp³-hybridized carbons (Fsp3) is 0.0909. The van der Waals surface area contributed by atoms with Gasteiger partial charge >= 0.3 is 0 Å². The number of hydrogen-bond donors (Lipinski definition) is 2. The molecule has 3 rings (SSSR count). The minimum atomic E-state index is -0.195. The molecule has 0 atom stereocenters. The third-order valence-electron chi connectivity index (χ3n) is 4.05. The van der Waals surface area contributed by atoms with Crippen LogP contribution in [-0.4, -0.2) is 11.8 Å². The Labute approximate surface area is 166 Å². The van der Waals surface area contributed by atoms with E-state index in [4.69, 9.17) is 0 Å². The maximum atomic E-state index is 12.4. The van der Waals surface area contributed by atoms with Gasteiger partial charge in [-0.05, 0) is 60.5 Å². The molecule has 0 unspecified atom stereocenters. The SMILES string of the molecule is Cc1cc(NC(=O)c2ccc(NC(=O)Cc3ccccc3)cc2)ccc1Br. The lowest BCUT2D eigenvalue weighted by Crippen LogP contribution is -2.15. The first-order valence-electron chi connectivity index (χ1n) is 8.52. The van der Waals surface area contributed by atoms with E-state index in [0.29, 0.717) is 17.7 Å². The van der Waals surface area contributed by atoms with Gasteiger partial charge in [-0.1, -0.05) is 46.3 Å². The lowest BCUT2D eigenvalue weighted by Gasteiger charge is -2.09. The quantitative estimate of drug-likeness (QED) is 0.594. The Morgan fingerprint density at radius 2 is 1.52 bits per heavy atom. The lowest BCUT2D eigenvalue weighted by atomic mass is 10.1. The van der Waals surface area contributed by atoms with E-state index in [-0.39, 0.29) is 11.8 Å². The molecule has 2 N–H and O–H groups in total. The van der Waals surface area contributed by atoms with Crippen molar-refractivity contribution in [3.05, 3.63) is 94.0 Å². The molecule has 0 fully saturated rings. The first kappa shape index (κ1) is 18.9. The van der Waals surface area contributed by atoms with Crippen LogP contribution in [-0.2, 0) is 11.2 Å². The fourth-order valence-corrected chi connectivity index (χ4v) is 2.86. The maximum Gasteiger partial charge on any atom is 0.255 e. The van der Waals surface area contributed by atoms with E-state index in [2.05, 4.69) is 26.6 Å². The van der Waals surface area contributed by atoms with Crippen LogP contribution in [0.3, 0.4) is 0 Å². The van der Waals surface area contributed by atoms with Crippen LogP contribution < -0.4 is 10.6 Å². The Morgan fingerprint density at radius 3 is 2.19 bits per heavy atom. The predicted molar refractivity (Wildman–Crippen MR) is 112 cm³/mol. The average molecular weight is 423 g/mol.